The van der Waals surface area contributed by atoms with Gasteiger partial charge in [0.2, 0.25) is 0 Å². The van der Waals surface area contributed by atoms with Crippen molar-refractivity contribution >= 4 is 16.9 Å². The van der Waals surface area contributed by atoms with E-state index in [2.05, 4.69) is 4.99 Å². The van der Waals surface area contributed by atoms with Crippen LogP contribution in [0.1, 0.15) is 24.5 Å². The maximum absolute atomic E-state index is 12.5. The maximum Gasteiger partial charge on any atom is 0.416 e. The summed E-state index contributed by atoms with van der Waals surface area (Å²) in [5.41, 5.74) is 5.29. The zero-order valence-corrected chi connectivity index (χ0v) is 10.6. The normalized spacial score (nSPS) is 24.8. The first-order chi connectivity index (χ1) is 8.31. The molecule has 2 N–H and O–H groups in total. The molecule has 98 valence electrons. The number of amidine groups is 1. The van der Waals surface area contributed by atoms with Crippen LogP contribution in [-0.2, 0) is 11.7 Å². The van der Waals surface area contributed by atoms with Gasteiger partial charge in [-0.25, -0.2) is 0 Å². The second-order valence-corrected chi connectivity index (χ2v) is 5.51. The summed E-state index contributed by atoms with van der Waals surface area (Å²) in [6.07, 6.45) is -3.53. The van der Waals surface area contributed by atoms with Crippen molar-refractivity contribution in [1.29, 1.82) is 0 Å². The average Bonchev–Trinajstić information content (AvgIpc) is 2.28. The minimum Gasteiger partial charge on any atom is -0.379 e. The molecule has 1 heterocycles. The summed E-state index contributed by atoms with van der Waals surface area (Å²) in [6, 6.07) is 5.15. The Bertz CT molecular complexity index is 467. The fourth-order valence-electron chi connectivity index (χ4n) is 1.91. The number of thioether (sulfide) groups is 1. The maximum atomic E-state index is 12.5. The number of hydrogen-bond donors (Lipinski definition) is 1. The molecule has 1 aromatic rings. The van der Waals surface area contributed by atoms with Crippen molar-refractivity contribution in [3.05, 3.63) is 35.4 Å². The SMILES string of the molecule is CC1(c2ccc(C(F)(F)F)cc2)CCSC(N)=N1. The molecule has 0 spiro atoms. The molecule has 1 atom stereocenters. The van der Waals surface area contributed by atoms with Gasteiger partial charge in [-0.2, -0.15) is 13.2 Å². The Balaban J connectivity index is 2.32. The molecule has 0 radical (unpaired) electrons. The zero-order chi connectivity index (χ0) is 13.4. The lowest BCUT2D eigenvalue weighted by atomic mass is 9.89. The van der Waals surface area contributed by atoms with Crippen molar-refractivity contribution in [2.75, 3.05) is 5.75 Å². The van der Waals surface area contributed by atoms with Crippen molar-refractivity contribution in [2.24, 2.45) is 10.7 Å². The minimum atomic E-state index is -4.30. The van der Waals surface area contributed by atoms with Crippen LogP contribution < -0.4 is 5.73 Å². The van der Waals surface area contributed by atoms with Crippen molar-refractivity contribution < 1.29 is 13.2 Å². The standard InChI is InChI=1S/C12H13F3N2S/c1-11(6-7-18-10(16)17-11)8-2-4-9(5-3-8)12(13,14)15/h2-5H,6-7H2,1H3,(H2,16,17). The van der Waals surface area contributed by atoms with Gasteiger partial charge >= 0.3 is 6.18 Å². The van der Waals surface area contributed by atoms with Crippen LogP contribution in [0.5, 0.6) is 0 Å². The molecule has 0 amide bonds. The van der Waals surface area contributed by atoms with Gasteiger partial charge in [-0.15, -0.1) is 0 Å². The molecule has 0 saturated heterocycles. The quantitative estimate of drug-likeness (QED) is 0.852. The topological polar surface area (TPSA) is 38.4 Å². The highest BCUT2D eigenvalue weighted by atomic mass is 32.2. The van der Waals surface area contributed by atoms with Gasteiger partial charge < -0.3 is 5.73 Å². The van der Waals surface area contributed by atoms with Crippen LogP contribution in [0.3, 0.4) is 0 Å². The molecule has 6 heteroatoms. The molecule has 0 aliphatic carbocycles. The summed E-state index contributed by atoms with van der Waals surface area (Å²) >= 11 is 1.47. The Labute approximate surface area is 107 Å². The minimum absolute atomic E-state index is 0.489. The van der Waals surface area contributed by atoms with Crippen molar-refractivity contribution in [3.8, 4) is 0 Å². The fraction of sp³-hybridized carbons (Fsp3) is 0.417. The van der Waals surface area contributed by atoms with Crippen LogP contribution in [0.2, 0.25) is 0 Å². The third kappa shape index (κ3) is 2.63. The van der Waals surface area contributed by atoms with Crippen molar-refractivity contribution in [1.82, 2.24) is 0 Å². The number of nitrogens with zero attached hydrogens (tertiary/aromatic N) is 1. The molecular weight excluding hydrogens is 261 g/mol. The summed E-state index contributed by atoms with van der Waals surface area (Å²) in [6.45, 7) is 1.89. The molecule has 1 aliphatic heterocycles. The van der Waals surface area contributed by atoms with E-state index < -0.39 is 17.3 Å². The first-order valence-corrected chi connectivity index (χ1v) is 6.46. The summed E-state index contributed by atoms with van der Waals surface area (Å²) < 4.78 is 37.4. The van der Waals surface area contributed by atoms with Gasteiger partial charge in [0.25, 0.3) is 0 Å². The first kappa shape index (κ1) is 13.3. The number of alkyl halides is 3. The smallest absolute Gasteiger partial charge is 0.379 e. The van der Waals surface area contributed by atoms with Gasteiger partial charge in [-0.3, -0.25) is 4.99 Å². The van der Waals surface area contributed by atoms with E-state index in [0.717, 1.165) is 29.9 Å². The van der Waals surface area contributed by atoms with Crippen LogP contribution in [0, 0.1) is 0 Å². The highest BCUT2D eigenvalue weighted by Crippen LogP contribution is 2.36. The molecule has 0 fully saturated rings. The summed E-state index contributed by atoms with van der Waals surface area (Å²) in [4.78, 5) is 4.35. The molecule has 1 aliphatic rings. The fourth-order valence-corrected chi connectivity index (χ4v) is 2.89. The molecule has 2 nitrogen and oxygen atoms in total. The van der Waals surface area contributed by atoms with Gasteiger partial charge in [0.1, 0.15) is 0 Å². The van der Waals surface area contributed by atoms with Gasteiger partial charge in [0.05, 0.1) is 11.1 Å². The van der Waals surface area contributed by atoms with E-state index in [1.54, 1.807) is 0 Å². The Morgan fingerprint density at radius 1 is 1.28 bits per heavy atom. The third-order valence-corrected chi connectivity index (χ3v) is 3.83. The third-order valence-electron chi connectivity index (χ3n) is 3.03. The second-order valence-electron chi connectivity index (χ2n) is 4.40. The summed E-state index contributed by atoms with van der Waals surface area (Å²) in [7, 11) is 0. The molecule has 0 saturated carbocycles. The van der Waals surface area contributed by atoms with Gasteiger partial charge in [0, 0.05) is 5.75 Å². The molecular formula is C12H13F3N2S. The van der Waals surface area contributed by atoms with Gasteiger partial charge in [-0.1, -0.05) is 23.9 Å². The largest absolute Gasteiger partial charge is 0.416 e. The molecule has 0 bridgehead atoms. The van der Waals surface area contributed by atoms with Crippen molar-refractivity contribution in [3.63, 3.8) is 0 Å². The van der Waals surface area contributed by atoms with E-state index in [0.29, 0.717) is 5.17 Å². The van der Waals surface area contributed by atoms with Gasteiger partial charge in [0.15, 0.2) is 5.17 Å². The summed E-state index contributed by atoms with van der Waals surface area (Å²) in [5.74, 6) is 0.826. The van der Waals surface area contributed by atoms with Crippen LogP contribution in [0.15, 0.2) is 29.3 Å². The second kappa shape index (κ2) is 4.50. The van der Waals surface area contributed by atoms with E-state index >= 15 is 0 Å². The Morgan fingerprint density at radius 2 is 1.89 bits per heavy atom. The summed E-state index contributed by atoms with van der Waals surface area (Å²) in [5, 5.41) is 0.489. The lowest BCUT2D eigenvalue weighted by Crippen LogP contribution is -2.28. The first-order valence-electron chi connectivity index (χ1n) is 5.47. The monoisotopic (exact) mass is 274 g/mol. The predicted molar refractivity (Wildman–Crippen MR) is 67.5 cm³/mol. The predicted octanol–water partition coefficient (Wildman–Crippen LogP) is 3.37. The van der Waals surface area contributed by atoms with E-state index in [1.807, 2.05) is 6.92 Å². The van der Waals surface area contributed by atoms with Crippen molar-refractivity contribution in [2.45, 2.75) is 25.1 Å². The molecule has 1 aromatic carbocycles. The average molecular weight is 274 g/mol. The van der Waals surface area contributed by atoms with E-state index in [-0.39, 0.29) is 0 Å². The highest BCUT2D eigenvalue weighted by Gasteiger charge is 2.33. The molecule has 1 unspecified atom stereocenters. The van der Waals surface area contributed by atoms with Crippen LogP contribution >= 0.6 is 11.8 Å². The van der Waals surface area contributed by atoms with Crippen LogP contribution in [-0.4, -0.2) is 10.9 Å². The number of rotatable bonds is 1. The number of hydrogen-bond acceptors (Lipinski definition) is 3. The number of nitrogens with two attached hydrogens (primary N) is 1. The molecule has 2 rings (SSSR count). The van der Waals surface area contributed by atoms with Crippen LogP contribution in [0.4, 0.5) is 13.2 Å². The Kier molecular flexibility index (Phi) is 3.31. The van der Waals surface area contributed by atoms with E-state index in [1.165, 1.54) is 23.9 Å². The van der Waals surface area contributed by atoms with E-state index in [9.17, 15) is 13.2 Å². The Morgan fingerprint density at radius 3 is 2.39 bits per heavy atom. The number of halogens is 3. The number of aliphatic imine (C=N–C) groups is 1. The molecule has 18 heavy (non-hydrogen) atoms. The van der Waals surface area contributed by atoms with Gasteiger partial charge in [-0.05, 0) is 31.0 Å². The van der Waals surface area contributed by atoms with E-state index in [4.69, 9.17) is 5.73 Å². The lowest BCUT2D eigenvalue weighted by Gasteiger charge is -2.29. The highest BCUT2D eigenvalue weighted by molar-refractivity contribution is 8.13. The lowest BCUT2D eigenvalue weighted by molar-refractivity contribution is -0.137. The number of benzene rings is 1. The Hall–Kier alpha value is -1.17. The van der Waals surface area contributed by atoms with Crippen LogP contribution in [0.25, 0.3) is 0 Å². The molecule has 0 aromatic heterocycles. The zero-order valence-electron chi connectivity index (χ0n) is 9.79.